The summed E-state index contributed by atoms with van der Waals surface area (Å²) in [6, 6.07) is 5.48. The summed E-state index contributed by atoms with van der Waals surface area (Å²) < 4.78 is 33.7. The van der Waals surface area contributed by atoms with Gasteiger partial charge in [-0.2, -0.15) is 4.31 Å². The van der Waals surface area contributed by atoms with Crippen LogP contribution in [0.15, 0.2) is 34.4 Å². The molecule has 2 aliphatic rings. The second-order valence-corrected chi connectivity index (χ2v) is 13.6. The minimum atomic E-state index is -4.08. The van der Waals surface area contributed by atoms with Gasteiger partial charge in [-0.15, -0.1) is 11.3 Å². The zero-order valence-corrected chi connectivity index (χ0v) is 25.9. The molecule has 2 aliphatic heterocycles. The number of fused-ring (bicyclic) bond motifs is 2. The van der Waals surface area contributed by atoms with Crippen molar-refractivity contribution < 1.29 is 32.7 Å². The maximum Gasteiger partial charge on any atom is 0.325 e. The van der Waals surface area contributed by atoms with Gasteiger partial charge in [-0.25, -0.2) is 13.4 Å². The van der Waals surface area contributed by atoms with E-state index in [9.17, 15) is 22.8 Å². The Morgan fingerprint density at radius 3 is 2.80 bits per heavy atom. The van der Waals surface area contributed by atoms with Crippen molar-refractivity contribution >= 4 is 55.9 Å². The third-order valence-corrected chi connectivity index (χ3v) is 10.4. The van der Waals surface area contributed by atoms with E-state index in [0.717, 1.165) is 23.5 Å². The first-order valence-electron chi connectivity index (χ1n) is 14.0. The molecule has 17 heteroatoms. The normalized spacial score (nSPS) is 18.3. The molecule has 2 aromatic heterocycles. The highest BCUT2D eigenvalue weighted by atomic mass is 32.2. The zero-order valence-electron chi connectivity index (χ0n) is 24.3. The van der Waals surface area contributed by atoms with Gasteiger partial charge < -0.3 is 35.8 Å². The summed E-state index contributed by atoms with van der Waals surface area (Å²) >= 11 is 1.32. The van der Waals surface area contributed by atoms with Crippen LogP contribution in [0, 0.1) is 0 Å². The van der Waals surface area contributed by atoms with E-state index in [1.54, 1.807) is 25.1 Å². The molecule has 0 saturated carbocycles. The Bertz CT molecular complexity index is 1720. The third kappa shape index (κ3) is 6.54. The van der Waals surface area contributed by atoms with E-state index >= 15 is 0 Å². The van der Waals surface area contributed by atoms with Gasteiger partial charge in [0.05, 0.1) is 18.3 Å². The van der Waals surface area contributed by atoms with E-state index < -0.39 is 27.9 Å². The SMILES string of the molecule is CCOC(=O)CNC(=O)CC1CN(S(=O)(=O)c2cc3ccc(C(N)=NO)cc3[nH]2)CCN1C(=O)c1nc2c(s1)CN(C)CC2. The fraction of sp³-hybridized carbons (Fsp3) is 0.444. The molecule has 2 amide bonds. The summed E-state index contributed by atoms with van der Waals surface area (Å²) in [5.74, 6) is -1.62. The number of oxime groups is 1. The lowest BCUT2D eigenvalue weighted by molar-refractivity contribution is -0.143. The van der Waals surface area contributed by atoms with Gasteiger partial charge in [0.25, 0.3) is 15.9 Å². The van der Waals surface area contributed by atoms with Crippen molar-refractivity contribution in [1.82, 2.24) is 29.4 Å². The average Bonchev–Trinajstić information content (AvgIpc) is 3.63. The van der Waals surface area contributed by atoms with Gasteiger partial charge in [-0.05, 0) is 26.1 Å². The first kappa shape index (κ1) is 31.4. The number of amidine groups is 1. The van der Waals surface area contributed by atoms with Gasteiger partial charge in [0, 0.05) is 66.9 Å². The smallest absolute Gasteiger partial charge is 0.325 e. The highest BCUT2D eigenvalue weighted by Crippen LogP contribution is 2.29. The lowest BCUT2D eigenvalue weighted by atomic mass is 10.1. The molecule has 5 N–H and O–H groups in total. The second-order valence-electron chi connectivity index (χ2n) is 10.6. The minimum absolute atomic E-state index is 0.00637. The van der Waals surface area contributed by atoms with Crippen LogP contribution in [0.25, 0.3) is 10.9 Å². The van der Waals surface area contributed by atoms with Gasteiger partial charge >= 0.3 is 5.97 Å². The summed E-state index contributed by atoms with van der Waals surface area (Å²) in [7, 11) is -2.08. The van der Waals surface area contributed by atoms with Crippen LogP contribution >= 0.6 is 11.3 Å². The van der Waals surface area contributed by atoms with Crippen LogP contribution in [0.1, 0.15) is 39.3 Å². The summed E-state index contributed by atoms with van der Waals surface area (Å²) in [6.07, 6.45) is 0.494. The number of nitrogens with zero attached hydrogens (tertiary/aromatic N) is 5. The number of piperazine rings is 1. The molecule has 1 atom stereocenters. The number of carbonyl (C=O) groups excluding carboxylic acids is 3. The molecule has 44 heavy (non-hydrogen) atoms. The predicted octanol–water partition coefficient (Wildman–Crippen LogP) is 0.292. The van der Waals surface area contributed by atoms with E-state index in [1.165, 1.54) is 26.6 Å². The number of esters is 1. The van der Waals surface area contributed by atoms with Gasteiger partial charge in [-0.1, -0.05) is 17.3 Å². The van der Waals surface area contributed by atoms with Crippen molar-refractivity contribution in [1.29, 1.82) is 0 Å². The lowest BCUT2D eigenvalue weighted by Gasteiger charge is -2.40. The zero-order chi connectivity index (χ0) is 31.6. The topological polar surface area (TPSA) is 204 Å². The third-order valence-electron chi connectivity index (χ3n) is 7.59. The maximum absolute atomic E-state index is 13.8. The summed E-state index contributed by atoms with van der Waals surface area (Å²) in [5.41, 5.74) is 7.44. The number of hydrogen-bond acceptors (Lipinski definition) is 11. The molecule has 0 bridgehead atoms. The van der Waals surface area contributed by atoms with Crippen molar-refractivity contribution in [2.45, 2.75) is 37.4 Å². The number of nitrogens with two attached hydrogens (primary N) is 1. The average molecular weight is 647 g/mol. The number of thiazole rings is 1. The van der Waals surface area contributed by atoms with Crippen LogP contribution < -0.4 is 11.1 Å². The lowest BCUT2D eigenvalue weighted by Crippen LogP contribution is -2.57. The van der Waals surface area contributed by atoms with Crippen molar-refractivity contribution in [3.8, 4) is 0 Å². The van der Waals surface area contributed by atoms with Crippen molar-refractivity contribution in [3.05, 3.63) is 45.4 Å². The van der Waals surface area contributed by atoms with Crippen molar-refractivity contribution in [2.24, 2.45) is 10.9 Å². The van der Waals surface area contributed by atoms with E-state index in [-0.39, 0.29) is 56.0 Å². The number of ether oxygens (including phenoxy) is 1. The van der Waals surface area contributed by atoms with Crippen LogP contribution in [0.5, 0.6) is 0 Å². The number of amides is 2. The number of rotatable bonds is 9. The molecule has 4 heterocycles. The Hall–Kier alpha value is -4.06. The standard InChI is InChI=1S/C27H34N8O7S2/c1-3-42-24(37)13-29-22(36)12-18-14-34(8-9-35(18)27(38)26-31-19-6-7-33(2)15-21(19)43-26)44(40,41)23-11-16-4-5-17(25(28)32-39)10-20(16)30-23/h4-5,10-11,18,30,39H,3,6-9,12-15H2,1-2H3,(H2,28,32)(H,29,36). The number of carbonyl (C=O) groups is 3. The van der Waals surface area contributed by atoms with Crippen LogP contribution in [0.2, 0.25) is 0 Å². The fourth-order valence-corrected chi connectivity index (χ4v) is 7.92. The summed E-state index contributed by atoms with van der Waals surface area (Å²) in [6.45, 7) is 2.87. The summed E-state index contributed by atoms with van der Waals surface area (Å²) in [5, 5.41) is 15.3. The van der Waals surface area contributed by atoms with Crippen LogP contribution in [0.3, 0.4) is 0 Å². The number of H-pyrrole nitrogens is 1. The molecule has 15 nitrogen and oxygen atoms in total. The number of hydrogen-bond donors (Lipinski definition) is 4. The quantitative estimate of drug-likeness (QED) is 0.0823. The van der Waals surface area contributed by atoms with E-state index in [2.05, 4.69) is 25.3 Å². The van der Waals surface area contributed by atoms with Crippen LogP contribution in [0.4, 0.5) is 0 Å². The first-order valence-corrected chi connectivity index (χ1v) is 16.3. The number of aromatic nitrogens is 2. The molecular weight excluding hydrogens is 612 g/mol. The molecule has 0 spiro atoms. The Morgan fingerprint density at radius 2 is 2.05 bits per heavy atom. The van der Waals surface area contributed by atoms with Gasteiger partial charge in [0.15, 0.2) is 10.8 Å². The molecule has 236 valence electrons. The molecule has 1 aromatic carbocycles. The molecule has 3 aromatic rings. The monoisotopic (exact) mass is 646 g/mol. The van der Waals surface area contributed by atoms with Gasteiger partial charge in [0.1, 0.15) is 11.6 Å². The highest BCUT2D eigenvalue weighted by molar-refractivity contribution is 7.89. The molecule has 0 radical (unpaired) electrons. The van der Waals surface area contributed by atoms with Gasteiger partial charge in [0.2, 0.25) is 5.91 Å². The van der Waals surface area contributed by atoms with Crippen LogP contribution in [-0.4, -0.2) is 114 Å². The first-order chi connectivity index (χ1) is 21.0. The Morgan fingerprint density at radius 1 is 1.25 bits per heavy atom. The highest BCUT2D eigenvalue weighted by Gasteiger charge is 2.39. The molecular formula is C27H34N8O7S2. The molecule has 0 aliphatic carbocycles. The van der Waals surface area contributed by atoms with Crippen molar-refractivity contribution in [2.75, 3.05) is 46.4 Å². The Labute approximate surface area is 257 Å². The largest absolute Gasteiger partial charge is 0.465 e. The number of likely N-dealkylation sites (N-methyl/N-ethyl adjacent to an activating group) is 1. The second kappa shape index (κ2) is 12.9. The molecule has 1 fully saturated rings. The maximum atomic E-state index is 13.8. The Balaban J connectivity index is 1.39. The van der Waals surface area contributed by atoms with Crippen LogP contribution in [-0.2, 0) is 37.3 Å². The van der Waals surface area contributed by atoms with E-state index in [0.29, 0.717) is 28.0 Å². The molecule has 1 unspecified atom stereocenters. The van der Waals surface area contributed by atoms with Crippen molar-refractivity contribution in [3.63, 3.8) is 0 Å². The number of aromatic amines is 1. The number of benzene rings is 1. The fourth-order valence-electron chi connectivity index (χ4n) is 5.29. The molecule has 1 saturated heterocycles. The van der Waals surface area contributed by atoms with E-state index in [1.807, 2.05) is 7.05 Å². The molecule has 5 rings (SSSR count). The number of nitrogens with one attached hydrogen (secondary N) is 2. The summed E-state index contributed by atoms with van der Waals surface area (Å²) in [4.78, 5) is 50.6. The Kier molecular flexibility index (Phi) is 9.19. The van der Waals surface area contributed by atoms with Gasteiger partial charge in [-0.3, -0.25) is 14.4 Å². The van der Waals surface area contributed by atoms with E-state index in [4.69, 9.17) is 15.7 Å². The number of sulfonamides is 1. The predicted molar refractivity (Wildman–Crippen MR) is 161 cm³/mol. The minimum Gasteiger partial charge on any atom is -0.465 e.